The van der Waals surface area contributed by atoms with Gasteiger partial charge in [-0.05, 0) is 44.2 Å². The van der Waals surface area contributed by atoms with Crippen LogP contribution < -0.4 is 4.74 Å². The lowest BCUT2D eigenvalue weighted by molar-refractivity contribution is 0.0696. The zero-order valence-corrected chi connectivity index (χ0v) is 11.3. The van der Waals surface area contributed by atoms with E-state index in [0.29, 0.717) is 18.5 Å². The van der Waals surface area contributed by atoms with E-state index >= 15 is 0 Å². The van der Waals surface area contributed by atoms with Gasteiger partial charge in [-0.25, -0.2) is 4.79 Å². The van der Waals surface area contributed by atoms with Crippen LogP contribution in [0.25, 0.3) is 0 Å². The van der Waals surface area contributed by atoms with E-state index in [2.05, 4.69) is 11.9 Å². The number of hydrogen-bond acceptors (Lipinski definition) is 3. The van der Waals surface area contributed by atoms with Gasteiger partial charge in [-0.15, -0.1) is 0 Å². The number of hydrogen-bond donors (Lipinski definition) is 1. The molecular formula is C15H21NO3. The summed E-state index contributed by atoms with van der Waals surface area (Å²) >= 11 is 0. The van der Waals surface area contributed by atoms with Gasteiger partial charge in [0.2, 0.25) is 0 Å². The van der Waals surface area contributed by atoms with Gasteiger partial charge in [0.15, 0.2) is 0 Å². The molecule has 4 heteroatoms. The normalized spacial score (nSPS) is 16.5. The third-order valence-corrected chi connectivity index (χ3v) is 3.73. The zero-order chi connectivity index (χ0) is 13.7. The van der Waals surface area contributed by atoms with Gasteiger partial charge < -0.3 is 9.84 Å². The molecule has 1 aromatic rings. The van der Waals surface area contributed by atoms with Gasteiger partial charge >= 0.3 is 5.97 Å². The lowest BCUT2D eigenvalue weighted by Gasteiger charge is -2.30. The molecule has 2 rings (SSSR count). The van der Waals surface area contributed by atoms with Crippen LogP contribution in [0.2, 0.25) is 0 Å². The maximum atomic E-state index is 10.7. The highest BCUT2D eigenvalue weighted by molar-refractivity contribution is 5.87. The van der Waals surface area contributed by atoms with Crippen molar-refractivity contribution in [2.24, 2.45) is 0 Å². The summed E-state index contributed by atoms with van der Waals surface area (Å²) in [6.45, 7) is 0.553. The molecule has 0 heterocycles. The van der Waals surface area contributed by atoms with Gasteiger partial charge in [-0.3, -0.25) is 4.90 Å². The van der Waals surface area contributed by atoms with E-state index in [0.717, 1.165) is 0 Å². The predicted molar refractivity (Wildman–Crippen MR) is 73.5 cm³/mol. The molecular weight excluding hydrogens is 242 g/mol. The number of ether oxygens (including phenoxy) is 1. The minimum absolute atomic E-state index is 0.285. The lowest BCUT2D eigenvalue weighted by Crippen LogP contribution is -2.36. The third kappa shape index (κ3) is 3.96. The van der Waals surface area contributed by atoms with Gasteiger partial charge in [-0.2, -0.15) is 0 Å². The Morgan fingerprint density at radius 2 is 1.89 bits per heavy atom. The molecule has 1 fully saturated rings. The zero-order valence-electron chi connectivity index (χ0n) is 11.3. The van der Waals surface area contributed by atoms with E-state index in [1.54, 1.807) is 24.3 Å². The number of rotatable bonds is 5. The van der Waals surface area contributed by atoms with Crippen LogP contribution in [0.15, 0.2) is 24.3 Å². The fraction of sp³-hybridized carbons (Fsp3) is 0.533. The monoisotopic (exact) mass is 263 g/mol. The molecule has 1 aromatic carbocycles. The molecule has 0 bridgehead atoms. The minimum Gasteiger partial charge on any atom is -0.478 e. The van der Waals surface area contributed by atoms with Gasteiger partial charge in [0, 0.05) is 6.04 Å². The van der Waals surface area contributed by atoms with Crippen LogP contribution in [-0.4, -0.2) is 35.8 Å². The summed E-state index contributed by atoms with van der Waals surface area (Å²) in [5.41, 5.74) is 0.285. The Bertz CT molecular complexity index is 410. The summed E-state index contributed by atoms with van der Waals surface area (Å²) in [4.78, 5) is 13.0. The minimum atomic E-state index is -0.911. The molecule has 0 spiro atoms. The van der Waals surface area contributed by atoms with Crippen molar-refractivity contribution in [1.29, 1.82) is 0 Å². The van der Waals surface area contributed by atoms with Crippen molar-refractivity contribution in [1.82, 2.24) is 4.90 Å². The lowest BCUT2D eigenvalue weighted by atomic mass is 9.95. The van der Waals surface area contributed by atoms with Gasteiger partial charge in [0.05, 0.1) is 5.56 Å². The fourth-order valence-corrected chi connectivity index (χ4v) is 2.50. The number of nitrogens with zero attached hydrogens (tertiary/aromatic N) is 1. The van der Waals surface area contributed by atoms with Crippen LogP contribution in [0.5, 0.6) is 5.75 Å². The van der Waals surface area contributed by atoms with Gasteiger partial charge in [0.1, 0.15) is 12.5 Å². The maximum Gasteiger partial charge on any atom is 0.335 e. The Hall–Kier alpha value is -1.55. The smallest absolute Gasteiger partial charge is 0.335 e. The van der Waals surface area contributed by atoms with E-state index in [4.69, 9.17) is 9.84 Å². The van der Waals surface area contributed by atoms with Crippen LogP contribution in [0.4, 0.5) is 0 Å². The molecule has 104 valence electrons. The summed E-state index contributed by atoms with van der Waals surface area (Å²) < 4.78 is 5.69. The van der Waals surface area contributed by atoms with Crippen molar-refractivity contribution in [2.75, 3.05) is 13.8 Å². The summed E-state index contributed by atoms with van der Waals surface area (Å²) in [5, 5.41) is 8.81. The summed E-state index contributed by atoms with van der Waals surface area (Å²) in [7, 11) is 2.08. The van der Waals surface area contributed by atoms with Gasteiger partial charge in [0.25, 0.3) is 0 Å². The average molecular weight is 263 g/mol. The predicted octanol–water partition coefficient (Wildman–Crippen LogP) is 2.99. The largest absolute Gasteiger partial charge is 0.478 e. The molecule has 0 atom stereocenters. The molecule has 0 saturated heterocycles. The maximum absolute atomic E-state index is 10.7. The number of carbonyl (C=O) groups is 1. The second-order valence-corrected chi connectivity index (χ2v) is 5.15. The van der Waals surface area contributed by atoms with Crippen molar-refractivity contribution in [3.05, 3.63) is 29.8 Å². The molecule has 0 aliphatic heterocycles. The molecule has 1 saturated carbocycles. The first-order valence-electron chi connectivity index (χ1n) is 6.83. The number of benzene rings is 1. The third-order valence-electron chi connectivity index (χ3n) is 3.73. The summed E-state index contributed by atoms with van der Waals surface area (Å²) in [6.07, 6.45) is 6.46. The quantitative estimate of drug-likeness (QED) is 0.830. The molecule has 4 nitrogen and oxygen atoms in total. The molecule has 0 radical (unpaired) electrons. The average Bonchev–Trinajstić information content (AvgIpc) is 2.46. The second-order valence-electron chi connectivity index (χ2n) is 5.15. The standard InChI is InChI=1S/C15H21NO3/c1-16(13-5-3-2-4-6-13)11-19-14-9-7-12(8-10-14)15(17)18/h7-10,13H,2-6,11H2,1H3,(H,17,18). The topological polar surface area (TPSA) is 49.8 Å². The first-order valence-corrected chi connectivity index (χ1v) is 6.83. The Balaban J connectivity index is 1.82. The number of aromatic carboxylic acids is 1. The Labute approximate surface area is 114 Å². The van der Waals surface area contributed by atoms with E-state index < -0.39 is 5.97 Å². The summed E-state index contributed by atoms with van der Waals surface area (Å²) in [6, 6.07) is 7.17. The second kappa shape index (κ2) is 6.57. The van der Waals surface area contributed by atoms with Crippen molar-refractivity contribution < 1.29 is 14.6 Å². The van der Waals surface area contributed by atoms with Crippen LogP contribution in [0, 0.1) is 0 Å². The molecule has 1 aliphatic carbocycles. The van der Waals surface area contributed by atoms with E-state index in [9.17, 15) is 4.79 Å². The van der Waals surface area contributed by atoms with E-state index in [1.165, 1.54) is 32.1 Å². The Morgan fingerprint density at radius 3 is 2.47 bits per heavy atom. The first kappa shape index (κ1) is 13.9. The van der Waals surface area contributed by atoms with Crippen LogP contribution in [0.3, 0.4) is 0 Å². The molecule has 19 heavy (non-hydrogen) atoms. The first-order chi connectivity index (χ1) is 9.16. The van der Waals surface area contributed by atoms with Gasteiger partial charge in [-0.1, -0.05) is 19.3 Å². The molecule has 1 aliphatic rings. The van der Waals surface area contributed by atoms with Crippen molar-refractivity contribution >= 4 is 5.97 Å². The van der Waals surface area contributed by atoms with Crippen LogP contribution in [0.1, 0.15) is 42.5 Å². The highest BCUT2D eigenvalue weighted by Gasteiger charge is 2.17. The van der Waals surface area contributed by atoms with Crippen LogP contribution in [-0.2, 0) is 0 Å². The van der Waals surface area contributed by atoms with E-state index in [1.807, 2.05) is 0 Å². The summed E-state index contributed by atoms with van der Waals surface area (Å²) in [5.74, 6) is -0.196. The SMILES string of the molecule is CN(COc1ccc(C(=O)O)cc1)C1CCCCC1. The van der Waals surface area contributed by atoms with Crippen LogP contribution >= 0.6 is 0 Å². The number of carboxylic acid groups (broad SMARTS) is 1. The Kier molecular flexibility index (Phi) is 4.80. The fourth-order valence-electron chi connectivity index (χ4n) is 2.50. The molecule has 1 N–H and O–H groups in total. The Morgan fingerprint density at radius 1 is 1.26 bits per heavy atom. The number of carboxylic acids is 1. The molecule has 0 aromatic heterocycles. The van der Waals surface area contributed by atoms with Crippen molar-refractivity contribution in [3.63, 3.8) is 0 Å². The highest BCUT2D eigenvalue weighted by atomic mass is 16.5. The molecule has 0 amide bonds. The molecule has 0 unspecified atom stereocenters. The van der Waals surface area contributed by atoms with Crippen molar-refractivity contribution in [2.45, 2.75) is 38.1 Å². The van der Waals surface area contributed by atoms with E-state index in [-0.39, 0.29) is 5.56 Å². The van der Waals surface area contributed by atoms with Crippen molar-refractivity contribution in [3.8, 4) is 5.75 Å². The highest BCUT2D eigenvalue weighted by Crippen LogP contribution is 2.22.